The van der Waals surface area contributed by atoms with Crippen LogP contribution in [-0.4, -0.2) is 18.4 Å². The number of rotatable bonds is 5. The normalized spacial score (nSPS) is 11.7. The van der Waals surface area contributed by atoms with Crippen molar-refractivity contribution < 1.29 is 14.9 Å². The average Bonchev–Trinajstić information content (AvgIpc) is 2.70. The van der Waals surface area contributed by atoms with Gasteiger partial charge in [-0.25, -0.2) is 0 Å². The summed E-state index contributed by atoms with van der Waals surface area (Å²) in [5.74, 6) is -0.581. The van der Waals surface area contributed by atoms with Gasteiger partial charge in [0.25, 0.3) is 11.8 Å². The summed E-state index contributed by atoms with van der Waals surface area (Å²) < 4.78 is 0. The molecule has 0 aliphatic rings. The van der Waals surface area contributed by atoms with Gasteiger partial charge in [-0.15, -0.1) is 0 Å². The minimum atomic E-state index is -0.332. The molecule has 0 spiro atoms. The molecule has 3 aromatic carbocycles. The van der Waals surface area contributed by atoms with Crippen LogP contribution in [0.3, 0.4) is 0 Å². The fourth-order valence-corrected chi connectivity index (χ4v) is 2.90. The largest absolute Gasteiger partial charge is 0.332 e. The second kappa shape index (κ2) is 8.27. The molecule has 0 radical (unpaired) electrons. The Morgan fingerprint density at radius 2 is 1.58 bits per heavy atom. The number of benzene rings is 3. The Morgan fingerprint density at radius 1 is 0.885 bits per heavy atom. The number of amides is 2. The van der Waals surface area contributed by atoms with Gasteiger partial charge in [-0.1, -0.05) is 60.7 Å². The van der Waals surface area contributed by atoms with Gasteiger partial charge in [-0.3, -0.25) is 20.4 Å². The number of hydrogen-bond acceptors (Lipinski definition) is 2. The SMILES string of the molecule is C[C@@H]([NH2+]CC(=O)NNC(=O)c1ccccc1)c1cccc2ccccc12. The van der Waals surface area contributed by atoms with Gasteiger partial charge in [0.2, 0.25) is 0 Å². The van der Waals surface area contributed by atoms with Crippen LogP contribution in [0.5, 0.6) is 0 Å². The summed E-state index contributed by atoms with van der Waals surface area (Å²) in [6.07, 6.45) is 0. The first-order chi connectivity index (χ1) is 12.6. The van der Waals surface area contributed by atoms with Gasteiger partial charge in [-0.05, 0) is 29.8 Å². The van der Waals surface area contributed by atoms with Crippen LogP contribution in [0.4, 0.5) is 0 Å². The van der Waals surface area contributed by atoms with E-state index in [0.717, 1.165) is 0 Å². The van der Waals surface area contributed by atoms with E-state index in [4.69, 9.17) is 0 Å². The Balaban J connectivity index is 1.53. The standard InChI is InChI=1S/C21H21N3O2/c1-15(18-13-7-11-16-8-5-6-12-19(16)18)22-14-20(25)23-24-21(26)17-9-3-2-4-10-17/h2-13,15,22H,14H2,1H3,(H,23,25)(H,24,26)/p+1/t15-/m1/s1. The number of quaternary nitrogens is 1. The summed E-state index contributed by atoms with van der Waals surface area (Å²) in [6, 6.07) is 23.3. The lowest BCUT2D eigenvalue weighted by Crippen LogP contribution is -2.87. The highest BCUT2D eigenvalue weighted by atomic mass is 16.2. The number of carbonyl (C=O) groups is 2. The molecule has 0 bridgehead atoms. The van der Waals surface area contributed by atoms with Crippen molar-refractivity contribution >= 4 is 22.6 Å². The monoisotopic (exact) mass is 348 g/mol. The molecule has 0 aromatic heterocycles. The number of fused-ring (bicyclic) bond motifs is 1. The molecule has 132 valence electrons. The number of carbonyl (C=O) groups excluding carboxylic acids is 2. The first-order valence-corrected chi connectivity index (χ1v) is 8.60. The van der Waals surface area contributed by atoms with Crippen LogP contribution < -0.4 is 16.2 Å². The van der Waals surface area contributed by atoms with E-state index in [1.54, 1.807) is 24.3 Å². The molecular weight excluding hydrogens is 326 g/mol. The zero-order valence-corrected chi connectivity index (χ0v) is 14.6. The van der Waals surface area contributed by atoms with Gasteiger partial charge in [0.1, 0.15) is 6.04 Å². The van der Waals surface area contributed by atoms with Crippen molar-refractivity contribution in [1.29, 1.82) is 0 Å². The van der Waals surface area contributed by atoms with Gasteiger partial charge in [-0.2, -0.15) is 0 Å². The maximum Gasteiger partial charge on any atom is 0.293 e. The Bertz CT molecular complexity index is 904. The minimum Gasteiger partial charge on any atom is -0.332 e. The maximum atomic E-state index is 12.0. The van der Waals surface area contributed by atoms with Gasteiger partial charge >= 0.3 is 0 Å². The van der Waals surface area contributed by atoms with E-state index >= 15 is 0 Å². The van der Waals surface area contributed by atoms with Gasteiger partial charge in [0, 0.05) is 11.1 Å². The zero-order chi connectivity index (χ0) is 18.4. The molecule has 0 unspecified atom stereocenters. The molecule has 0 saturated heterocycles. The van der Waals surface area contributed by atoms with E-state index in [0.29, 0.717) is 5.56 Å². The first kappa shape index (κ1) is 17.6. The molecule has 0 aliphatic heterocycles. The van der Waals surface area contributed by atoms with Crippen molar-refractivity contribution in [2.75, 3.05) is 6.54 Å². The molecule has 4 N–H and O–H groups in total. The summed E-state index contributed by atoms with van der Waals surface area (Å²) in [7, 11) is 0. The molecule has 0 fully saturated rings. The lowest BCUT2D eigenvalue weighted by Gasteiger charge is -2.14. The second-order valence-corrected chi connectivity index (χ2v) is 6.17. The van der Waals surface area contributed by atoms with Gasteiger partial charge in [0.15, 0.2) is 6.54 Å². The summed E-state index contributed by atoms with van der Waals surface area (Å²) in [5, 5.41) is 4.33. The minimum absolute atomic E-state index is 0.122. The van der Waals surface area contributed by atoms with Crippen LogP contribution in [0, 0.1) is 0 Å². The molecule has 0 heterocycles. The third-order valence-electron chi connectivity index (χ3n) is 4.32. The fourth-order valence-electron chi connectivity index (χ4n) is 2.90. The molecule has 5 nitrogen and oxygen atoms in total. The van der Waals surface area contributed by atoms with Crippen LogP contribution in [-0.2, 0) is 4.79 Å². The van der Waals surface area contributed by atoms with Crippen LogP contribution >= 0.6 is 0 Å². The second-order valence-electron chi connectivity index (χ2n) is 6.17. The third kappa shape index (κ3) is 4.26. The van der Waals surface area contributed by atoms with Gasteiger partial charge < -0.3 is 5.32 Å². The fraction of sp³-hybridized carbons (Fsp3) is 0.143. The molecule has 5 heteroatoms. The topological polar surface area (TPSA) is 74.8 Å². The van der Waals surface area contributed by atoms with Crippen molar-refractivity contribution in [3.8, 4) is 0 Å². The maximum absolute atomic E-state index is 12.0. The van der Waals surface area contributed by atoms with Crippen molar-refractivity contribution in [3.63, 3.8) is 0 Å². The van der Waals surface area contributed by atoms with Gasteiger partial charge in [0.05, 0.1) is 0 Å². The molecular formula is C21H22N3O2+. The van der Waals surface area contributed by atoms with Crippen LogP contribution in [0.15, 0.2) is 72.8 Å². The highest BCUT2D eigenvalue weighted by Gasteiger charge is 2.14. The van der Waals surface area contributed by atoms with E-state index in [9.17, 15) is 9.59 Å². The lowest BCUT2D eigenvalue weighted by atomic mass is 10.00. The van der Waals surface area contributed by atoms with E-state index in [2.05, 4.69) is 42.0 Å². The van der Waals surface area contributed by atoms with E-state index in [-0.39, 0.29) is 24.4 Å². The van der Waals surface area contributed by atoms with Crippen LogP contribution in [0.25, 0.3) is 10.8 Å². The zero-order valence-electron chi connectivity index (χ0n) is 14.6. The summed E-state index contributed by atoms with van der Waals surface area (Å²) in [5.41, 5.74) is 6.57. The quantitative estimate of drug-likeness (QED) is 0.616. The van der Waals surface area contributed by atoms with Crippen molar-refractivity contribution in [2.45, 2.75) is 13.0 Å². The van der Waals surface area contributed by atoms with Crippen molar-refractivity contribution in [3.05, 3.63) is 83.9 Å². The predicted octanol–water partition coefficient (Wildman–Crippen LogP) is 1.93. The third-order valence-corrected chi connectivity index (χ3v) is 4.32. The molecule has 3 rings (SSSR count). The Kier molecular flexibility index (Phi) is 5.61. The van der Waals surface area contributed by atoms with E-state index in [1.165, 1.54) is 16.3 Å². The number of hydrazine groups is 1. The molecule has 3 aromatic rings. The Labute approximate surface area is 152 Å². The smallest absolute Gasteiger partial charge is 0.293 e. The number of nitrogens with two attached hydrogens (primary N) is 1. The van der Waals surface area contributed by atoms with Crippen molar-refractivity contribution in [2.24, 2.45) is 0 Å². The summed E-state index contributed by atoms with van der Waals surface area (Å²) in [4.78, 5) is 23.9. The summed E-state index contributed by atoms with van der Waals surface area (Å²) >= 11 is 0. The van der Waals surface area contributed by atoms with Crippen LogP contribution in [0.1, 0.15) is 28.9 Å². The molecule has 26 heavy (non-hydrogen) atoms. The predicted molar refractivity (Wildman–Crippen MR) is 101 cm³/mol. The Hall–Kier alpha value is -3.18. The number of nitrogens with one attached hydrogen (secondary N) is 2. The molecule has 2 amide bonds. The molecule has 1 atom stereocenters. The number of hydrogen-bond donors (Lipinski definition) is 3. The first-order valence-electron chi connectivity index (χ1n) is 8.60. The van der Waals surface area contributed by atoms with E-state index < -0.39 is 0 Å². The highest BCUT2D eigenvalue weighted by Crippen LogP contribution is 2.21. The lowest BCUT2D eigenvalue weighted by molar-refractivity contribution is -0.682. The van der Waals surface area contributed by atoms with Crippen molar-refractivity contribution in [1.82, 2.24) is 10.9 Å². The average molecular weight is 348 g/mol. The Morgan fingerprint density at radius 3 is 2.38 bits per heavy atom. The highest BCUT2D eigenvalue weighted by molar-refractivity contribution is 5.95. The van der Waals surface area contributed by atoms with Crippen LogP contribution in [0.2, 0.25) is 0 Å². The molecule has 0 aliphatic carbocycles. The summed E-state index contributed by atoms with van der Waals surface area (Å²) in [6.45, 7) is 2.29. The van der Waals surface area contributed by atoms with E-state index in [1.807, 2.05) is 29.6 Å². The molecule has 0 saturated carbocycles.